The maximum Gasteiger partial charge on any atom is 0.222 e. The minimum atomic E-state index is -0.520. The van der Waals surface area contributed by atoms with Crippen molar-refractivity contribution in [3.05, 3.63) is 65.7 Å². The monoisotopic (exact) mass is 435 g/mol. The second-order valence-electron chi connectivity index (χ2n) is 8.51. The molecule has 1 heterocycles. The van der Waals surface area contributed by atoms with Crippen molar-refractivity contribution >= 4 is 0 Å². The van der Waals surface area contributed by atoms with Crippen LogP contribution in [-0.2, 0) is 18.3 Å². The van der Waals surface area contributed by atoms with Gasteiger partial charge in [0.05, 0.1) is 18.3 Å². The molecule has 0 radical (unpaired) electrons. The van der Waals surface area contributed by atoms with Crippen molar-refractivity contribution in [1.82, 2.24) is 14.7 Å². The van der Waals surface area contributed by atoms with Gasteiger partial charge >= 0.3 is 0 Å². The minimum Gasteiger partial charge on any atom is -0.439 e. The summed E-state index contributed by atoms with van der Waals surface area (Å²) in [5.41, 5.74) is 4.20. The SMILES string of the molecule is CCOC[C@@H](O)CN(Cc1c(-c2ccccc2)nn(C)c1Oc1ccc(C)cc1)C1CC1. The van der Waals surface area contributed by atoms with Gasteiger partial charge in [0.1, 0.15) is 11.4 Å². The third-order valence-electron chi connectivity index (χ3n) is 5.75. The van der Waals surface area contributed by atoms with E-state index in [1.54, 1.807) is 0 Å². The highest BCUT2D eigenvalue weighted by atomic mass is 16.5. The van der Waals surface area contributed by atoms with Gasteiger partial charge in [0, 0.05) is 38.3 Å². The third-order valence-corrected chi connectivity index (χ3v) is 5.75. The standard InChI is InChI=1S/C26H33N3O3/c1-4-31-18-22(30)16-29(21-12-13-21)17-24-25(20-8-6-5-7-9-20)27-28(3)26(24)32-23-14-10-19(2)11-15-23/h5-11,14-15,21-22,30H,4,12-13,16-18H2,1-3H3/t22-/m0/s1. The second-order valence-corrected chi connectivity index (χ2v) is 8.51. The predicted octanol–water partition coefficient (Wildman–Crippen LogP) is 4.55. The fourth-order valence-electron chi connectivity index (χ4n) is 3.93. The lowest BCUT2D eigenvalue weighted by Gasteiger charge is -2.25. The molecule has 0 saturated heterocycles. The van der Waals surface area contributed by atoms with Gasteiger partial charge in [-0.05, 0) is 38.8 Å². The number of rotatable bonds is 11. The topological polar surface area (TPSA) is 59.8 Å². The molecule has 1 N–H and O–H groups in total. The molecule has 6 nitrogen and oxygen atoms in total. The van der Waals surface area contributed by atoms with E-state index in [9.17, 15) is 5.11 Å². The Morgan fingerprint density at radius 1 is 1.12 bits per heavy atom. The summed E-state index contributed by atoms with van der Waals surface area (Å²) >= 11 is 0. The zero-order valence-corrected chi connectivity index (χ0v) is 19.2. The molecule has 3 aromatic rings. The highest BCUT2D eigenvalue weighted by Crippen LogP contribution is 2.37. The molecule has 1 aromatic heterocycles. The van der Waals surface area contributed by atoms with Crippen molar-refractivity contribution in [3.8, 4) is 22.9 Å². The highest BCUT2D eigenvalue weighted by molar-refractivity contribution is 5.65. The number of hydrogen-bond donors (Lipinski definition) is 1. The summed E-state index contributed by atoms with van der Waals surface area (Å²) in [6.07, 6.45) is 1.78. The van der Waals surface area contributed by atoms with E-state index in [1.165, 1.54) is 5.56 Å². The fourth-order valence-corrected chi connectivity index (χ4v) is 3.93. The van der Waals surface area contributed by atoms with Crippen LogP contribution < -0.4 is 4.74 Å². The van der Waals surface area contributed by atoms with Crippen LogP contribution in [0.25, 0.3) is 11.3 Å². The van der Waals surface area contributed by atoms with Gasteiger partial charge in [-0.1, -0.05) is 48.0 Å². The molecule has 2 aromatic carbocycles. The van der Waals surface area contributed by atoms with Gasteiger partial charge in [-0.2, -0.15) is 5.10 Å². The number of aliphatic hydroxyl groups excluding tert-OH is 1. The molecule has 170 valence electrons. The Morgan fingerprint density at radius 3 is 2.50 bits per heavy atom. The summed E-state index contributed by atoms with van der Waals surface area (Å²) < 4.78 is 13.6. The Balaban J connectivity index is 1.66. The molecule has 1 saturated carbocycles. The summed E-state index contributed by atoms with van der Waals surface area (Å²) in [6, 6.07) is 18.8. The quantitative estimate of drug-likeness (QED) is 0.479. The molecule has 0 aliphatic heterocycles. The van der Waals surface area contributed by atoms with Gasteiger partial charge in [-0.25, -0.2) is 4.68 Å². The highest BCUT2D eigenvalue weighted by Gasteiger charge is 2.33. The largest absolute Gasteiger partial charge is 0.439 e. The van der Waals surface area contributed by atoms with E-state index in [0.29, 0.717) is 32.3 Å². The van der Waals surface area contributed by atoms with E-state index in [1.807, 2.05) is 61.1 Å². The first-order valence-electron chi connectivity index (χ1n) is 11.4. The Morgan fingerprint density at radius 2 is 1.84 bits per heavy atom. The van der Waals surface area contributed by atoms with Crippen LogP contribution in [0.1, 0.15) is 30.9 Å². The molecule has 1 atom stereocenters. The van der Waals surface area contributed by atoms with Crippen molar-refractivity contribution in [2.75, 3.05) is 19.8 Å². The molecule has 0 amide bonds. The first-order chi connectivity index (χ1) is 15.5. The van der Waals surface area contributed by atoms with Crippen LogP contribution in [0.15, 0.2) is 54.6 Å². The van der Waals surface area contributed by atoms with Gasteiger partial charge in [-0.15, -0.1) is 0 Å². The first kappa shape index (κ1) is 22.5. The predicted molar refractivity (Wildman–Crippen MR) is 126 cm³/mol. The molecule has 1 aliphatic rings. The number of aliphatic hydroxyl groups is 1. The Labute approximate surface area is 190 Å². The molecule has 0 bridgehead atoms. The van der Waals surface area contributed by atoms with Gasteiger partial charge in [-0.3, -0.25) is 4.90 Å². The van der Waals surface area contributed by atoms with Crippen LogP contribution in [-0.4, -0.2) is 51.7 Å². The maximum absolute atomic E-state index is 10.5. The molecule has 1 aliphatic carbocycles. The average Bonchev–Trinajstić information content (AvgIpc) is 3.60. The molecular formula is C26H33N3O3. The average molecular weight is 436 g/mol. The number of aromatic nitrogens is 2. The van der Waals surface area contributed by atoms with Crippen molar-refractivity contribution in [1.29, 1.82) is 0 Å². The van der Waals surface area contributed by atoms with Crippen LogP contribution in [0.2, 0.25) is 0 Å². The number of aryl methyl sites for hydroxylation is 2. The third kappa shape index (κ3) is 5.57. The molecule has 1 fully saturated rings. The Kier molecular flexibility index (Phi) is 7.25. The summed E-state index contributed by atoms with van der Waals surface area (Å²) in [7, 11) is 1.92. The fraction of sp³-hybridized carbons (Fsp3) is 0.423. The van der Waals surface area contributed by atoms with Crippen molar-refractivity contribution in [3.63, 3.8) is 0 Å². The lowest BCUT2D eigenvalue weighted by molar-refractivity contribution is 0.0178. The summed E-state index contributed by atoms with van der Waals surface area (Å²) in [6.45, 7) is 6.20. The Hall–Kier alpha value is -2.67. The molecule has 0 unspecified atom stereocenters. The zero-order valence-electron chi connectivity index (χ0n) is 19.2. The number of hydrogen-bond acceptors (Lipinski definition) is 5. The van der Waals surface area contributed by atoms with E-state index in [2.05, 4.69) is 24.0 Å². The van der Waals surface area contributed by atoms with Gasteiger partial charge in [0.15, 0.2) is 0 Å². The number of benzene rings is 2. The van der Waals surface area contributed by atoms with Crippen LogP contribution in [0.3, 0.4) is 0 Å². The normalized spacial score (nSPS) is 14.7. The smallest absolute Gasteiger partial charge is 0.222 e. The second kappa shape index (κ2) is 10.3. The molecule has 0 spiro atoms. The van der Waals surface area contributed by atoms with Crippen LogP contribution in [0.5, 0.6) is 11.6 Å². The van der Waals surface area contributed by atoms with E-state index in [4.69, 9.17) is 14.6 Å². The molecular weight excluding hydrogens is 402 g/mol. The first-order valence-corrected chi connectivity index (χ1v) is 11.4. The number of nitrogens with zero attached hydrogens (tertiary/aromatic N) is 3. The van der Waals surface area contributed by atoms with Crippen LogP contribution in [0, 0.1) is 6.92 Å². The lowest BCUT2D eigenvalue weighted by Crippen LogP contribution is -2.36. The molecule has 32 heavy (non-hydrogen) atoms. The van der Waals surface area contributed by atoms with E-state index in [-0.39, 0.29) is 0 Å². The summed E-state index contributed by atoms with van der Waals surface area (Å²) in [4.78, 5) is 2.34. The summed E-state index contributed by atoms with van der Waals surface area (Å²) in [5.74, 6) is 1.52. The van der Waals surface area contributed by atoms with Gasteiger partial charge in [0.2, 0.25) is 5.88 Å². The van der Waals surface area contributed by atoms with E-state index in [0.717, 1.165) is 41.3 Å². The lowest BCUT2D eigenvalue weighted by atomic mass is 10.1. The minimum absolute atomic E-state index is 0.352. The Bertz CT molecular complexity index is 997. The zero-order chi connectivity index (χ0) is 22.5. The van der Waals surface area contributed by atoms with E-state index >= 15 is 0 Å². The van der Waals surface area contributed by atoms with Crippen molar-refractivity contribution in [2.24, 2.45) is 7.05 Å². The summed E-state index contributed by atoms with van der Waals surface area (Å²) in [5, 5.41) is 15.3. The van der Waals surface area contributed by atoms with Gasteiger partial charge < -0.3 is 14.6 Å². The molecule has 4 rings (SSSR count). The van der Waals surface area contributed by atoms with Crippen LogP contribution in [0.4, 0.5) is 0 Å². The van der Waals surface area contributed by atoms with Crippen LogP contribution >= 0.6 is 0 Å². The van der Waals surface area contributed by atoms with Gasteiger partial charge in [0.25, 0.3) is 0 Å². The van der Waals surface area contributed by atoms with E-state index < -0.39 is 6.10 Å². The number of ether oxygens (including phenoxy) is 2. The van der Waals surface area contributed by atoms with Crippen molar-refractivity contribution in [2.45, 2.75) is 45.4 Å². The molecule has 6 heteroatoms. The maximum atomic E-state index is 10.5. The van der Waals surface area contributed by atoms with Crippen molar-refractivity contribution < 1.29 is 14.6 Å².